The van der Waals surface area contributed by atoms with Gasteiger partial charge in [0.05, 0.1) is 0 Å². The zero-order valence-electron chi connectivity index (χ0n) is 14.1. The van der Waals surface area contributed by atoms with Crippen LogP contribution in [0.5, 0.6) is 0 Å². The highest BCUT2D eigenvalue weighted by atomic mass is 16.2. The van der Waals surface area contributed by atoms with Gasteiger partial charge in [-0.15, -0.1) is 0 Å². The van der Waals surface area contributed by atoms with Crippen molar-refractivity contribution < 1.29 is 9.59 Å². The smallest absolute Gasteiger partial charge is 0.319 e. The standard InChI is InChI=1S/C20H22N2O2/c1-14-6-8-17(9-7-14)20(10-11-20)13-21-19(24)22-18-5-3-4-16(12-18)15(2)23/h3-9,12H,10-11,13H2,1-2H3,(H2,21,22,24). The van der Waals surface area contributed by atoms with Crippen LogP contribution in [0.4, 0.5) is 10.5 Å². The van der Waals surface area contributed by atoms with E-state index in [0.717, 1.165) is 12.8 Å². The average molecular weight is 322 g/mol. The highest BCUT2D eigenvalue weighted by molar-refractivity contribution is 5.96. The number of rotatable bonds is 5. The van der Waals surface area contributed by atoms with Gasteiger partial charge in [-0.1, -0.05) is 42.0 Å². The predicted molar refractivity (Wildman–Crippen MR) is 95.6 cm³/mol. The topological polar surface area (TPSA) is 58.2 Å². The Labute approximate surface area is 142 Å². The van der Waals surface area contributed by atoms with Gasteiger partial charge in [0.1, 0.15) is 0 Å². The summed E-state index contributed by atoms with van der Waals surface area (Å²) in [5.41, 5.74) is 3.82. The first kappa shape index (κ1) is 16.2. The predicted octanol–water partition coefficient (Wildman–Crippen LogP) is 4.05. The molecule has 1 aliphatic rings. The van der Waals surface area contributed by atoms with Gasteiger partial charge in [-0.3, -0.25) is 4.79 Å². The minimum atomic E-state index is -0.242. The number of hydrogen-bond acceptors (Lipinski definition) is 2. The minimum Gasteiger partial charge on any atom is -0.337 e. The minimum absolute atomic E-state index is 0.0182. The van der Waals surface area contributed by atoms with Crippen LogP contribution in [0.15, 0.2) is 48.5 Å². The number of ketones is 1. The molecule has 0 atom stereocenters. The summed E-state index contributed by atoms with van der Waals surface area (Å²) in [6.07, 6.45) is 2.19. The van der Waals surface area contributed by atoms with Gasteiger partial charge in [-0.2, -0.15) is 0 Å². The van der Waals surface area contributed by atoms with Crippen molar-refractivity contribution in [3.8, 4) is 0 Å². The molecule has 0 spiro atoms. The molecule has 0 saturated heterocycles. The molecule has 0 radical (unpaired) electrons. The maximum absolute atomic E-state index is 12.1. The maximum Gasteiger partial charge on any atom is 0.319 e. The zero-order chi connectivity index (χ0) is 17.2. The van der Waals surface area contributed by atoms with Crippen molar-refractivity contribution in [1.29, 1.82) is 0 Å². The lowest BCUT2D eigenvalue weighted by Crippen LogP contribution is -2.35. The number of nitrogens with one attached hydrogen (secondary N) is 2. The van der Waals surface area contributed by atoms with Crippen molar-refractivity contribution >= 4 is 17.5 Å². The molecule has 1 fully saturated rings. The fourth-order valence-corrected chi connectivity index (χ4v) is 2.87. The quantitative estimate of drug-likeness (QED) is 0.816. The molecule has 2 aromatic rings. The average Bonchev–Trinajstić information content (AvgIpc) is 3.35. The van der Waals surface area contributed by atoms with Crippen LogP contribution in [-0.2, 0) is 5.41 Å². The number of anilines is 1. The van der Waals surface area contributed by atoms with Crippen LogP contribution in [-0.4, -0.2) is 18.4 Å². The van der Waals surface area contributed by atoms with Crippen LogP contribution in [0.3, 0.4) is 0 Å². The third kappa shape index (κ3) is 3.65. The molecule has 2 N–H and O–H groups in total. The molecule has 1 saturated carbocycles. The lowest BCUT2D eigenvalue weighted by molar-refractivity contribution is 0.101. The molecule has 0 aromatic heterocycles. The Morgan fingerprint density at radius 3 is 2.42 bits per heavy atom. The molecule has 0 bridgehead atoms. The van der Waals surface area contributed by atoms with Crippen LogP contribution < -0.4 is 10.6 Å². The Bertz CT molecular complexity index is 761. The van der Waals surface area contributed by atoms with E-state index >= 15 is 0 Å². The first-order valence-electron chi connectivity index (χ1n) is 8.22. The molecule has 4 nitrogen and oxygen atoms in total. The first-order valence-corrected chi connectivity index (χ1v) is 8.22. The van der Waals surface area contributed by atoms with Gasteiger partial charge in [0.15, 0.2) is 5.78 Å². The Morgan fingerprint density at radius 1 is 1.08 bits per heavy atom. The van der Waals surface area contributed by atoms with E-state index < -0.39 is 0 Å². The number of carbonyl (C=O) groups is 2. The van der Waals surface area contributed by atoms with Crippen molar-refractivity contribution in [2.75, 3.05) is 11.9 Å². The van der Waals surface area contributed by atoms with Crippen molar-refractivity contribution in [3.63, 3.8) is 0 Å². The van der Waals surface area contributed by atoms with Crippen LogP contribution in [0.1, 0.15) is 41.3 Å². The number of Topliss-reactive ketones (excluding diaryl/α,β-unsaturated/α-hetero) is 1. The maximum atomic E-state index is 12.1. The lowest BCUT2D eigenvalue weighted by Gasteiger charge is -2.17. The number of hydrogen-bond donors (Lipinski definition) is 2. The van der Waals surface area contributed by atoms with Crippen LogP contribution >= 0.6 is 0 Å². The van der Waals surface area contributed by atoms with Gasteiger partial charge in [0.2, 0.25) is 0 Å². The number of urea groups is 1. The third-order valence-electron chi connectivity index (χ3n) is 4.63. The summed E-state index contributed by atoms with van der Waals surface area (Å²) in [5, 5.41) is 5.76. The van der Waals surface area contributed by atoms with Crippen LogP contribution in [0.25, 0.3) is 0 Å². The van der Waals surface area contributed by atoms with Crippen molar-refractivity contribution in [2.45, 2.75) is 32.1 Å². The van der Waals surface area contributed by atoms with Crippen molar-refractivity contribution in [2.24, 2.45) is 0 Å². The Balaban J connectivity index is 1.59. The van der Waals surface area contributed by atoms with Gasteiger partial charge in [0, 0.05) is 23.2 Å². The van der Waals surface area contributed by atoms with Gasteiger partial charge >= 0.3 is 6.03 Å². The van der Waals surface area contributed by atoms with E-state index in [0.29, 0.717) is 17.8 Å². The molecule has 0 heterocycles. The molecular weight excluding hydrogens is 300 g/mol. The molecular formula is C20H22N2O2. The van der Waals surface area contributed by atoms with Crippen LogP contribution in [0, 0.1) is 6.92 Å². The normalized spacial score (nSPS) is 14.8. The molecule has 124 valence electrons. The first-order chi connectivity index (χ1) is 11.5. The largest absolute Gasteiger partial charge is 0.337 e. The van der Waals surface area contributed by atoms with E-state index in [1.807, 2.05) is 0 Å². The zero-order valence-corrected chi connectivity index (χ0v) is 14.1. The number of carbonyl (C=O) groups excluding carboxylic acids is 2. The lowest BCUT2D eigenvalue weighted by atomic mass is 9.95. The van der Waals surface area contributed by atoms with E-state index in [4.69, 9.17) is 0 Å². The third-order valence-corrected chi connectivity index (χ3v) is 4.63. The van der Waals surface area contributed by atoms with E-state index in [1.165, 1.54) is 18.1 Å². The molecule has 4 heteroatoms. The van der Waals surface area contributed by atoms with Gasteiger partial charge in [-0.25, -0.2) is 4.79 Å². The van der Waals surface area contributed by atoms with Gasteiger partial charge in [0.25, 0.3) is 0 Å². The van der Waals surface area contributed by atoms with Crippen molar-refractivity contribution in [3.05, 3.63) is 65.2 Å². The van der Waals surface area contributed by atoms with Gasteiger partial charge in [-0.05, 0) is 44.4 Å². The van der Waals surface area contributed by atoms with Gasteiger partial charge < -0.3 is 10.6 Å². The molecule has 0 unspecified atom stereocenters. The SMILES string of the molecule is CC(=O)c1cccc(NC(=O)NCC2(c3ccc(C)cc3)CC2)c1. The van der Waals surface area contributed by atoms with E-state index in [9.17, 15) is 9.59 Å². The van der Waals surface area contributed by atoms with E-state index in [-0.39, 0.29) is 17.2 Å². The molecule has 3 rings (SSSR count). The number of amides is 2. The summed E-state index contributed by atoms with van der Waals surface area (Å²) >= 11 is 0. The summed E-state index contributed by atoms with van der Waals surface area (Å²) in [4.78, 5) is 23.5. The van der Waals surface area contributed by atoms with Crippen LogP contribution in [0.2, 0.25) is 0 Å². The monoisotopic (exact) mass is 322 g/mol. The number of benzene rings is 2. The highest BCUT2D eigenvalue weighted by Crippen LogP contribution is 2.47. The molecule has 1 aliphatic carbocycles. The molecule has 24 heavy (non-hydrogen) atoms. The second-order valence-electron chi connectivity index (χ2n) is 6.59. The van der Waals surface area contributed by atoms with E-state index in [1.54, 1.807) is 24.3 Å². The summed E-state index contributed by atoms with van der Waals surface area (Å²) in [6.45, 7) is 4.20. The Hall–Kier alpha value is -2.62. The molecule has 2 amide bonds. The fourth-order valence-electron chi connectivity index (χ4n) is 2.87. The number of aryl methyl sites for hydroxylation is 1. The highest BCUT2D eigenvalue weighted by Gasteiger charge is 2.44. The fraction of sp³-hybridized carbons (Fsp3) is 0.300. The second-order valence-corrected chi connectivity index (χ2v) is 6.59. The summed E-state index contributed by atoms with van der Waals surface area (Å²) in [5.74, 6) is -0.0182. The summed E-state index contributed by atoms with van der Waals surface area (Å²) < 4.78 is 0. The molecule has 0 aliphatic heterocycles. The molecule has 2 aromatic carbocycles. The summed E-state index contributed by atoms with van der Waals surface area (Å²) in [6, 6.07) is 15.3. The van der Waals surface area contributed by atoms with E-state index in [2.05, 4.69) is 41.8 Å². The summed E-state index contributed by atoms with van der Waals surface area (Å²) in [7, 11) is 0. The van der Waals surface area contributed by atoms with Crippen molar-refractivity contribution in [1.82, 2.24) is 5.32 Å². The Morgan fingerprint density at radius 2 is 1.79 bits per heavy atom. The second kappa shape index (κ2) is 6.48. The Kier molecular flexibility index (Phi) is 4.38.